The molecule has 0 saturated heterocycles. The first-order valence-electron chi connectivity index (χ1n) is 26.4. The number of rotatable bonds is 9. The van der Waals surface area contributed by atoms with Crippen LogP contribution in [-0.4, -0.2) is 9.97 Å². The average Bonchev–Trinajstić information content (AvgIpc) is 3.55. The minimum Gasteiger partial charge on any atom is -0.305 e. The van der Waals surface area contributed by atoms with E-state index in [0.717, 1.165) is 50.3 Å². The van der Waals surface area contributed by atoms with E-state index in [9.17, 15) is 0 Å². The molecule has 2 nitrogen and oxygen atoms in total. The number of aromatic nitrogens is 2. The molecule has 0 aliphatic carbocycles. The quantitative estimate of drug-likeness (QED) is 0.135. The Morgan fingerprint density at radius 1 is 0.228 bits per heavy atom. The summed E-state index contributed by atoms with van der Waals surface area (Å²) < 4.78 is 0. The van der Waals surface area contributed by atoms with Crippen LogP contribution in [-0.2, 0) is 20.1 Å². The van der Waals surface area contributed by atoms with Crippen molar-refractivity contribution in [3.8, 4) is 100 Å². The fourth-order valence-electron chi connectivity index (χ4n) is 10.6. The molecule has 0 fully saturated rings. The SMILES string of the molecule is [Ir].[c-]1ccc(-c2cc(-c3cc(-c4ccccc4)cc(-c4ccccc4)c3)cc(-c3cc(-c4ccc5ccccc5c4)cc4ccc(-c5ccc6ccccc6c5)cc34)c2)cc1-c1ccccn1.[c-]1ccccc1-c1ccccn1. The van der Waals surface area contributed by atoms with Crippen molar-refractivity contribution in [2.75, 3.05) is 0 Å². The standard InChI is InChI=1S/C65H42N.C11H8N.Ir/c1-3-14-44(15-4-1)56-36-57(45-16-5-2-6-17-45)38-59(37-56)60-39-58(50-22-13-23-55(34-50)65-24-11-12-31-66-65)40-62(41-60)64-43-61(52-28-26-47-19-8-10-21-49(47)33-52)35-54-30-29-53(42-63(54)64)51-27-25-46-18-7-9-20-48(46)32-51;1-2-6-10(7-3-1)11-8-4-5-9-12-11;/h1-22,24-43H;1-6,8-9H;/q2*-1;. The molecule has 2 heterocycles. The molecule has 79 heavy (non-hydrogen) atoms. The first-order chi connectivity index (χ1) is 38.6. The number of benzene rings is 12. The molecular formula is C76H50IrN2-2. The second kappa shape index (κ2) is 22.9. The molecule has 2 aromatic heterocycles. The summed E-state index contributed by atoms with van der Waals surface area (Å²) in [6, 6.07) is 111. The van der Waals surface area contributed by atoms with Crippen molar-refractivity contribution in [1.29, 1.82) is 0 Å². The van der Waals surface area contributed by atoms with Crippen LogP contribution in [0.3, 0.4) is 0 Å². The van der Waals surface area contributed by atoms with Crippen LogP contribution in [0, 0.1) is 12.1 Å². The summed E-state index contributed by atoms with van der Waals surface area (Å²) in [5.41, 5.74) is 20.2. The van der Waals surface area contributed by atoms with Gasteiger partial charge in [0, 0.05) is 32.5 Å². The van der Waals surface area contributed by atoms with Crippen molar-refractivity contribution in [1.82, 2.24) is 9.97 Å². The van der Waals surface area contributed by atoms with E-state index >= 15 is 0 Å². The monoisotopic (exact) mass is 1180 g/mol. The largest absolute Gasteiger partial charge is 0.305 e. The summed E-state index contributed by atoms with van der Waals surface area (Å²) in [6.45, 7) is 0. The Bertz CT molecular complexity index is 4310. The van der Waals surface area contributed by atoms with Crippen molar-refractivity contribution >= 4 is 32.3 Å². The Hall–Kier alpha value is -9.63. The zero-order chi connectivity index (χ0) is 52.0. The van der Waals surface area contributed by atoms with Crippen LogP contribution in [0.4, 0.5) is 0 Å². The molecule has 0 aliphatic rings. The van der Waals surface area contributed by atoms with Crippen molar-refractivity contribution in [3.63, 3.8) is 0 Å². The fourth-order valence-corrected chi connectivity index (χ4v) is 10.6. The predicted molar refractivity (Wildman–Crippen MR) is 328 cm³/mol. The average molecular weight is 1180 g/mol. The maximum atomic E-state index is 4.70. The van der Waals surface area contributed by atoms with Gasteiger partial charge in [0.25, 0.3) is 0 Å². The van der Waals surface area contributed by atoms with Gasteiger partial charge in [-0.15, -0.1) is 71.3 Å². The molecule has 0 unspecified atom stereocenters. The number of hydrogen-bond donors (Lipinski definition) is 0. The molecule has 0 saturated carbocycles. The minimum absolute atomic E-state index is 0. The van der Waals surface area contributed by atoms with Gasteiger partial charge in [0.15, 0.2) is 0 Å². The molecule has 14 rings (SSSR count). The third-order valence-electron chi connectivity index (χ3n) is 14.6. The van der Waals surface area contributed by atoms with Crippen LogP contribution in [0.15, 0.2) is 304 Å². The van der Waals surface area contributed by atoms with Gasteiger partial charge in [0.05, 0.1) is 0 Å². The van der Waals surface area contributed by atoms with E-state index in [1.807, 2.05) is 66.9 Å². The summed E-state index contributed by atoms with van der Waals surface area (Å²) in [6.07, 6.45) is 3.63. The molecule has 0 N–H and O–H groups in total. The van der Waals surface area contributed by atoms with E-state index in [4.69, 9.17) is 4.98 Å². The van der Waals surface area contributed by atoms with E-state index < -0.39 is 0 Å². The number of nitrogens with zero attached hydrogens (tertiary/aromatic N) is 2. The van der Waals surface area contributed by atoms with E-state index in [0.29, 0.717) is 0 Å². The van der Waals surface area contributed by atoms with E-state index in [1.54, 1.807) is 6.20 Å². The molecule has 1 radical (unpaired) electrons. The van der Waals surface area contributed by atoms with Crippen molar-refractivity contribution in [2.24, 2.45) is 0 Å². The first-order valence-corrected chi connectivity index (χ1v) is 26.4. The molecule has 3 heteroatoms. The number of fused-ring (bicyclic) bond motifs is 3. The van der Waals surface area contributed by atoms with Gasteiger partial charge in [0.2, 0.25) is 0 Å². The number of pyridine rings is 2. The van der Waals surface area contributed by atoms with Crippen LogP contribution in [0.2, 0.25) is 0 Å². The summed E-state index contributed by atoms with van der Waals surface area (Å²) >= 11 is 0. The zero-order valence-corrected chi connectivity index (χ0v) is 45.5. The van der Waals surface area contributed by atoms with Crippen molar-refractivity contribution in [3.05, 3.63) is 316 Å². The molecule has 0 spiro atoms. The smallest absolute Gasteiger partial charge is 0.0160 e. The van der Waals surface area contributed by atoms with Gasteiger partial charge in [-0.2, -0.15) is 0 Å². The Kier molecular flexibility index (Phi) is 14.6. The Morgan fingerprint density at radius 3 is 1.20 bits per heavy atom. The second-order valence-corrected chi connectivity index (χ2v) is 19.6. The topological polar surface area (TPSA) is 25.8 Å². The molecule has 375 valence electrons. The van der Waals surface area contributed by atoms with Crippen LogP contribution >= 0.6 is 0 Å². The minimum atomic E-state index is 0. The Balaban J connectivity index is 0.000000423. The maximum Gasteiger partial charge on any atom is 0.0160 e. The summed E-state index contributed by atoms with van der Waals surface area (Å²) in [5.74, 6) is 0. The molecular weight excluding hydrogens is 1130 g/mol. The summed E-state index contributed by atoms with van der Waals surface area (Å²) in [7, 11) is 0. The van der Waals surface area contributed by atoms with Crippen LogP contribution in [0.25, 0.3) is 133 Å². The zero-order valence-electron chi connectivity index (χ0n) is 43.1. The normalized spacial score (nSPS) is 10.9. The number of hydrogen-bond acceptors (Lipinski definition) is 2. The van der Waals surface area contributed by atoms with Gasteiger partial charge in [-0.25, -0.2) is 0 Å². The van der Waals surface area contributed by atoms with Gasteiger partial charge in [0.1, 0.15) is 0 Å². The van der Waals surface area contributed by atoms with Crippen molar-refractivity contribution < 1.29 is 20.1 Å². The van der Waals surface area contributed by atoms with Gasteiger partial charge in [-0.1, -0.05) is 170 Å². The summed E-state index contributed by atoms with van der Waals surface area (Å²) in [4.78, 5) is 8.92. The van der Waals surface area contributed by atoms with E-state index in [2.05, 4.69) is 248 Å². The van der Waals surface area contributed by atoms with Crippen LogP contribution in [0.1, 0.15) is 0 Å². The molecule has 0 bridgehead atoms. The maximum absolute atomic E-state index is 4.70. The van der Waals surface area contributed by atoms with Crippen LogP contribution < -0.4 is 0 Å². The van der Waals surface area contributed by atoms with Crippen LogP contribution in [0.5, 0.6) is 0 Å². The van der Waals surface area contributed by atoms with Gasteiger partial charge in [-0.05, 0) is 195 Å². The molecule has 0 aliphatic heterocycles. The third kappa shape index (κ3) is 11.0. The van der Waals surface area contributed by atoms with Gasteiger partial charge < -0.3 is 9.97 Å². The Labute approximate surface area is 475 Å². The molecule has 0 atom stereocenters. The van der Waals surface area contributed by atoms with Gasteiger partial charge in [-0.3, -0.25) is 0 Å². The van der Waals surface area contributed by atoms with E-state index in [1.165, 1.54) is 82.4 Å². The van der Waals surface area contributed by atoms with Crippen molar-refractivity contribution in [2.45, 2.75) is 0 Å². The second-order valence-electron chi connectivity index (χ2n) is 19.6. The predicted octanol–water partition coefficient (Wildman–Crippen LogP) is 20.2. The molecule has 0 amide bonds. The Morgan fingerprint density at radius 2 is 0.646 bits per heavy atom. The third-order valence-corrected chi connectivity index (χ3v) is 14.6. The molecule has 12 aromatic carbocycles. The van der Waals surface area contributed by atoms with Gasteiger partial charge >= 0.3 is 0 Å². The first kappa shape index (κ1) is 50.2. The molecule has 14 aromatic rings. The van der Waals surface area contributed by atoms with E-state index in [-0.39, 0.29) is 20.1 Å². The fraction of sp³-hybridized carbons (Fsp3) is 0. The summed E-state index contributed by atoms with van der Waals surface area (Å²) in [5, 5.41) is 7.32.